The number of carbonyl (C=O) groups is 1. The second kappa shape index (κ2) is 12.0. The van der Waals surface area contributed by atoms with E-state index < -0.39 is 12.1 Å². The van der Waals surface area contributed by atoms with Gasteiger partial charge in [0, 0.05) is 25.6 Å². The molecule has 0 fully saturated rings. The molecule has 4 N–H and O–H groups in total. The normalized spacial score (nSPS) is 16.3. The van der Waals surface area contributed by atoms with Crippen molar-refractivity contribution in [2.75, 3.05) is 7.05 Å². The van der Waals surface area contributed by atoms with Gasteiger partial charge in [-0.3, -0.25) is 4.79 Å². The zero-order valence-electron chi connectivity index (χ0n) is 21.9. The molecule has 0 unspecified atom stereocenters. The monoisotopic (exact) mass is 525 g/mol. The molecule has 4 aromatic rings. The molecule has 4 aromatic carbocycles. The second-order valence-electron chi connectivity index (χ2n) is 9.69. The van der Waals surface area contributed by atoms with E-state index in [1.54, 1.807) is 24.3 Å². The van der Waals surface area contributed by atoms with Gasteiger partial charge in [-0.25, -0.2) is 9.38 Å². The summed E-state index contributed by atoms with van der Waals surface area (Å²) >= 11 is 0. The number of nitrogens with one attached hydrogen (secondary N) is 1. The smallest absolute Gasteiger partial charge is 0.251 e. The summed E-state index contributed by atoms with van der Waals surface area (Å²) in [5.74, 6) is 0.311. The standard InChI is InChI=1S/C32H30FN3O2.H2O/c1-21(36(2)20-22-8-15-27(33)16-9-22)34-28-17-14-26-18-30(37)31(29(26)19-28)35-32(38)25-12-10-24(11-13-25)23-6-4-3-5-7-23;/h3-17,19,30-31,37H,18,20H2,1-2H3,(H,35,38);1H2/t30-,31-;/m1./s1. The minimum atomic E-state index is -0.709. The summed E-state index contributed by atoms with van der Waals surface area (Å²) in [6, 6.07) is 29.2. The van der Waals surface area contributed by atoms with E-state index >= 15 is 0 Å². The molecule has 0 saturated heterocycles. The van der Waals surface area contributed by atoms with Crippen LogP contribution in [0.5, 0.6) is 0 Å². The minimum Gasteiger partial charge on any atom is -0.412 e. The molecule has 0 spiro atoms. The van der Waals surface area contributed by atoms with Crippen molar-refractivity contribution in [2.24, 2.45) is 4.99 Å². The number of aliphatic hydroxyl groups is 1. The fourth-order valence-electron chi connectivity index (χ4n) is 4.77. The van der Waals surface area contributed by atoms with Gasteiger partial charge in [0.1, 0.15) is 11.7 Å². The van der Waals surface area contributed by atoms with Crippen LogP contribution in [0.15, 0.2) is 102 Å². The highest BCUT2D eigenvalue weighted by atomic mass is 19.1. The van der Waals surface area contributed by atoms with E-state index in [1.165, 1.54) is 12.1 Å². The van der Waals surface area contributed by atoms with Gasteiger partial charge in [-0.1, -0.05) is 60.7 Å². The molecule has 0 radical (unpaired) electrons. The first-order chi connectivity index (χ1) is 18.4. The van der Waals surface area contributed by atoms with E-state index in [4.69, 9.17) is 4.99 Å². The zero-order chi connectivity index (χ0) is 26.6. The Morgan fingerprint density at radius 2 is 1.64 bits per heavy atom. The summed E-state index contributed by atoms with van der Waals surface area (Å²) in [6.07, 6.45) is -0.236. The Bertz CT molecular complexity index is 1450. The fourth-order valence-corrected chi connectivity index (χ4v) is 4.77. The topological polar surface area (TPSA) is 96.4 Å². The SMILES string of the molecule is CC(=Nc1ccc2c(c1)[C@@H](NC(=O)c1ccc(-c3ccccc3)cc1)[C@H](O)C2)N(C)Cc1ccc(F)cc1.O. The predicted octanol–water partition coefficient (Wildman–Crippen LogP) is 5.24. The first-order valence-corrected chi connectivity index (χ1v) is 12.7. The lowest BCUT2D eigenvalue weighted by Gasteiger charge is -2.20. The molecule has 1 aliphatic carbocycles. The lowest BCUT2D eigenvalue weighted by atomic mass is 10.0. The van der Waals surface area contributed by atoms with Gasteiger partial charge in [-0.05, 0) is 71.1 Å². The van der Waals surface area contributed by atoms with Crippen LogP contribution in [0.1, 0.15) is 40.0 Å². The van der Waals surface area contributed by atoms with Gasteiger partial charge in [-0.2, -0.15) is 0 Å². The Balaban J connectivity index is 0.00000353. The summed E-state index contributed by atoms with van der Waals surface area (Å²) < 4.78 is 13.2. The quantitative estimate of drug-likeness (QED) is 0.266. The Morgan fingerprint density at radius 1 is 0.974 bits per heavy atom. The number of halogens is 1. The average molecular weight is 526 g/mol. The number of amides is 1. The second-order valence-corrected chi connectivity index (χ2v) is 9.69. The van der Waals surface area contributed by atoms with Crippen LogP contribution in [0.2, 0.25) is 0 Å². The lowest BCUT2D eigenvalue weighted by molar-refractivity contribution is 0.0858. The third-order valence-corrected chi connectivity index (χ3v) is 7.00. The van der Waals surface area contributed by atoms with E-state index in [2.05, 4.69) is 5.32 Å². The molecule has 0 bridgehead atoms. The number of rotatable bonds is 6. The number of aliphatic imine (C=N–C) groups is 1. The van der Waals surface area contributed by atoms with Crippen LogP contribution >= 0.6 is 0 Å². The zero-order valence-corrected chi connectivity index (χ0v) is 21.9. The Morgan fingerprint density at radius 3 is 2.33 bits per heavy atom. The molecule has 5 rings (SSSR count). The minimum absolute atomic E-state index is 0. The van der Waals surface area contributed by atoms with Gasteiger partial charge in [-0.15, -0.1) is 0 Å². The maximum absolute atomic E-state index is 13.2. The summed E-state index contributed by atoms with van der Waals surface area (Å²) in [5.41, 5.74) is 6.27. The van der Waals surface area contributed by atoms with Crippen LogP contribution < -0.4 is 5.32 Å². The van der Waals surface area contributed by atoms with Crippen molar-refractivity contribution in [2.45, 2.75) is 32.0 Å². The van der Waals surface area contributed by atoms with Gasteiger partial charge in [0.2, 0.25) is 0 Å². The summed E-state index contributed by atoms with van der Waals surface area (Å²) in [5, 5.41) is 13.8. The number of hydrogen-bond donors (Lipinski definition) is 2. The van der Waals surface area contributed by atoms with Crippen molar-refractivity contribution in [3.8, 4) is 11.1 Å². The van der Waals surface area contributed by atoms with E-state index in [-0.39, 0.29) is 17.2 Å². The third kappa shape index (κ3) is 6.39. The number of fused-ring (bicyclic) bond motifs is 1. The maximum atomic E-state index is 13.2. The molecule has 0 saturated carbocycles. The van der Waals surface area contributed by atoms with E-state index in [0.29, 0.717) is 18.5 Å². The third-order valence-electron chi connectivity index (χ3n) is 7.00. The van der Waals surface area contributed by atoms with Gasteiger partial charge >= 0.3 is 0 Å². The van der Waals surface area contributed by atoms with Crippen molar-refractivity contribution in [3.05, 3.63) is 125 Å². The molecule has 1 amide bonds. The van der Waals surface area contributed by atoms with Crippen LogP contribution in [0.3, 0.4) is 0 Å². The predicted molar refractivity (Wildman–Crippen MR) is 152 cm³/mol. The van der Waals surface area contributed by atoms with Crippen molar-refractivity contribution in [1.29, 1.82) is 0 Å². The highest BCUT2D eigenvalue weighted by Gasteiger charge is 2.32. The van der Waals surface area contributed by atoms with Crippen molar-refractivity contribution >= 4 is 17.4 Å². The summed E-state index contributed by atoms with van der Waals surface area (Å²) in [6.45, 7) is 2.52. The summed E-state index contributed by atoms with van der Waals surface area (Å²) in [4.78, 5) is 19.8. The first-order valence-electron chi connectivity index (χ1n) is 12.7. The molecule has 7 heteroatoms. The Hall–Kier alpha value is -4.33. The molecular weight excluding hydrogens is 493 g/mol. The van der Waals surface area contributed by atoms with E-state index in [9.17, 15) is 14.3 Å². The van der Waals surface area contributed by atoms with Gasteiger partial charge < -0.3 is 20.8 Å². The van der Waals surface area contributed by atoms with Crippen molar-refractivity contribution < 1.29 is 19.8 Å². The summed E-state index contributed by atoms with van der Waals surface area (Å²) in [7, 11) is 1.94. The van der Waals surface area contributed by atoms with Crippen LogP contribution in [0.4, 0.5) is 10.1 Å². The first kappa shape index (κ1) is 27.7. The molecule has 1 aliphatic rings. The van der Waals surface area contributed by atoms with Crippen LogP contribution in [-0.4, -0.2) is 40.4 Å². The van der Waals surface area contributed by atoms with E-state index in [0.717, 1.165) is 39.3 Å². The molecule has 2 atom stereocenters. The number of amidine groups is 1. The number of carbonyl (C=O) groups excluding carboxylic acids is 1. The maximum Gasteiger partial charge on any atom is 0.251 e. The largest absolute Gasteiger partial charge is 0.412 e. The molecule has 0 aromatic heterocycles. The number of nitrogens with zero attached hydrogens (tertiary/aromatic N) is 2. The highest BCUT2D eigenvalue weighted by Crippen LogP contribution is 2.35. The van der Waals surface area contributed by atoms with Crippen LogP contribution in [0.25, 0.3) is 11.1 Å². The highest BCUT2D eigenvalue weighted by molar-refractivity contribution is 5.95. The molecular formula is C32H32FN3O3. The van der Waals surface area contributed by atoms with Gasteiger partial charge in [0.15, 0.2) is 0 Å². The molecule has 6 nitrogen and oxygen atoms in total. The number of benzene rings is 4. The average Bonchev–Trinajstić information content (AvgIpc) is 3.24. The van der Waals surface area contributed by atoms with Crippen LogP contribution in [0, 0.1) is 5.82 Å². The molecule has 200 valence electrons. The van der Waals surface area contributed by atoms with Crippen LogP contribution in [-0.2, 0) is 13.0 Å². The molecule has 0 heterocycles. The fraction of sp³-hybridized carbons (Fsp3) is 0.188. The van der Waals surface area contributed by atoms with E-state index in [1.807, 2.05) is 79.5 Å². The lowest BCUT2D eigenvalue weighted by Crippen LogP contribution is -2.33. The number of hydrogen-bond acceptors (Lipinski definition) is 3. The molecule has 39 heavy (non-hydrogen) atoms. The number of aliphatic hydroxyl groups excluding tert-OH is 1. The Labute approximate surface area is 227 Å². The van der Waals surface area contributed by atoms with Gasteiger partial charge in [0.05, 0.1) is 17.8 Å². The van der Waals surface area contributed by atoms with Crippen molar-refractivity contribution in [3.63, 3.8) is 0 Å². The Kier molecular flexibility index (Phi) is 8.54. The van der Waals surface area contributed by atoms with Crippen molar-refractivity contribution in [1.82, 2.24) is 10.2 Å². The van der Waals surface area contributed by atoms with Gasteiger partial charge in [0.25, 0.3) is 5.91 Å². The molecule has 0 aliphatic heterocycles.